The van der Waals surface area contributed by atoms with E-state index in [1.165, 1.54) is 31.4 Å². The zero-order valence-corrected chi connectivity index (χ0v) is 23.2. The summed E-state index contributed by atoms with van der Waals surface area (Å²) in [6.07, 6.45) is -16.6. The van der Waals surface area contributed by atoms with Gasteiger partial charge < -0.3 is 14.8 Å². The molecule has 0 bridgehead atoms. The summed E-state index contributed by atoms with van der Waals surface area (Å²) in [6.45, 7) is 0. The highest BCUT2D eigenvalue weighted by atomic mass is 19.4. The summed E-state index contributed by atoms with van der Waals surface area (Å²) in [5, 5.41) is 2.52. The van der Waals surface area contributed by atoms with Gasteiger partial charge in [-0.15, -0.1) is 0 Å². The highest BCUT2D eigenvalue weighted by molar-refractivity contribution is 5.97. The van der Waals surface area contributed by atoms with Gasteiger partial charge in [-0.05, 0) is 59.2 Å². The molecule has 1 amide bonds. The maximum Gasteiger partial charge on any atom is 0.417 e. The second-order valence-corrected chi connectivity index (χ2v) is 10.3. The number of rotatable bonds is 10. The largest absolute Gasteiger partial charge is 0.497 e. The molecule has 2 aromatic rings. The number of nitrogens with one attached hydrogen (secondary N) is 1. The standard InChI is InChI=1S/C31H25F10NO3/c1-44-23-9-2-17(3-10-23)16-29(19-5-7-21(32)8-6-19,20-13-22(33)15-24(14-20)45-31(40,41)28(35)36)42-27(43)18-4-11-26(34)25(12-18)30(37,38)39/h2-14,24-26,28H,15-16H2,1H3,(H,42,43)/t24?,25?,26?,29-/m1/s1. The van der Waals surface area contributed by atoms with Crippen molar-refractivity contribution in [3.63, 3.8) is 0 Å². The van der Waals surface area contributed by atoms with Crippen molar-refractivity contribution in [2.75, 3.05) is 7.11 Å². The second-order valence-electron chi connectivity index (χ2n) is 10.3. The van der Waals surface area contributed by atoms with Gasteiger partial charge in [0.1, 0.15) is 29.5 Å². The van der Waals surface area contributed by atoms with E-state index in [0.29, 0.717) is 23.5 Å². The van der Waals surface area contributed by atoms with E-state index in [-0.39, 0.29) is 17.6 Å². The lowest BCUT2D eigenvalue weighted by molar-refractivity contribution is -0.312. The number of alkyl halides is 8. The molecule has 2 aromatic carbocycles. The molecule has 0 heterocycles. The van der Waals surface area contributed by atoms with Crippen LogP contribution >= 0.6 is 0 Å². The topological polar surface area (TPSA) is 47.6 Å². The van der Waals surface area contributed by atoms with E-state index < -0.39 is 72.0 Å². The molecular formula is C31H25F10NO3. The molecule has 0 saturated carbocycles. The first-order valence-electron chi connectivity index (χ1n) is 13.3. The van der Waals surface area contributed by atoms with Crippen LogP contribution in [-0.2, 0) is 21.5 Å². The van der Waals surface area contributed by atoms with Crippen molar-refractivity contribution in [3.05, 3.63) is 113 Å². The molecule has 0 aromatic heterocycles. The summed E-state index contributed by atoms with van der Waals surface area (Å²) in [5.41, 5.74) is -2.64. The van der Waals surface area contributed by atoms with Crippen molar-refractivity contribution in [1.29, 1.82) is 0 Å². The van der Waals surface area contributed by atoms with Crippen molar-refractivity contribution in [2.45, 2.75) is 49.4 Å². The Morgan fingerprint density at radius 1 is 0.978 bits per heavy atom. The number of amides is 1. The number of carbonyl (C=O) groups excluding carboxylic acids is 1. The Bertz CT molecular complexity index is 1500. The smallest absolute Gasteiger partial charge is 0.417 e. The third kappa shape index (κ3) is 7.78. The van der Waals surface area contributed by atoms with Crippen molar-refractivity contribution in [2.24, 2.45) is 5.92 Å². The van der Waals surface area contributed by atoms with Gasteiger partial charge in [-0.2, -0.15) is 22.0 Å². The van der Waals surface area contributed by atoms with Crippen LogP contribution in [0.2, 0.25) is 0 Å². The van der Waals surface area contributed by atoms with Crippen LogP contribution in [0.25, 0.3) is 0 Å². The van der Waals surface area contributed by atoms with E-state index in [4.69, 9.17) is 4.74 Å². The monoisotopic (exact) mass is 649 g/mol. The third-order valence-corrected chi connectivity index (χ3v) is 7.22. The maximum atomic E-state index is 15.1. The second kappa shape index (κ2) is 13.1. The van der Waals surface area contributed by atoms with Crippen LogP contribution in [-0.4, -0.2) is 44.0 Å². The molecule has 4 atom stereocenters. The molecule has 0 aliphatic heterocycles. The molecule has 0 radical (unpaired) electrons. The molecule has 1 N–H and O–H groups in total. The van der Waals surface area contributed by atoms with Crippen LogP contribution in [0, 0.1) is 11.7 Å². The van der Waals surface area contributed by atoms with Gasteiger partial charge in [-0.25, -0.2) is 22.0 Å². The zero-order valence-electron chi connectivity index (χ0n) is 23.2. The average molecular weight is 650 g/mol. The van der Waals surface area contributed by atoms with Gasteiger partial charge in [0, 0.05) is 18.4 Å². The normalized spacial score (nSPS) is 21.9. The number of hydrogen-bond acceptors (Lipinski definition) is 3. The van der Waals surface area contributed by atoms with E-state index in [1.54, 1.807) is 0 Å². The molecular weight excluding hydrogens is 624 g/mol. The number of ether oxygens (including phenoxy) is 2. The molecule has 4 nitrogen and oxygen atoms in total. The van der Waals surface area contributed by atoms with Crippen LogP contribution in [0.4, 0.5) is 43.9 Å². The Kier molecular flexibility index (Phi) is 9.85. The SMILES string of the molecule is COc1ccc(C[C@](NC(=O)C2=CC(C(F)(F)F)C(F)C=C2)(C2=CC(OC(F)(F)C(F)F)CC(F)=C2)c2ccc(F)cc2)cc1. The maximum absolute atomic E-state index is 15.1. The molecule has 242 valence electrons. The lowest BCUT2D eigenvalue weighted by Gasteiger charge is -2.39. The van der Waals surface area contributed by atoms with Crippen LogP contribution in [0.1, 0.15) is 17.5 Å². The van der Waals surface area contributed by atoms with Gasteiger partial charge >= 0.3 is 18.7 Å². The molecule has 0 saturated heterocycles. The first-order chi connectivity index (χ1) is 21.0. The predicted octanol–water partition coefficient (Wildman–Crippen LogP) is 7.83. The summed E-state index contributed by atoms with van der Waals surface area (Å²) in [5.74, 6) is -5.36. The van der Waals surface area contributed by atoms with Gasteiger partial charge in [0.25, 0.3) is 5.91 Å². The van der Waals surface area contributed by atoms with E-state index in [0.717, 1.165) is 42.5 Å². The molecule has 4 rings (SSSR count). The fourth-order valence-electron chi connectivity index (χ4n) is 5.01. The van der Waals surface area contributed by atoms with Crippen molar-refractivity contribution < 1.29 is 58.2 Å². The lowest BCUT2D eigenvalue weighted by atomic mass is 9.75. The summed E-state index contributed by atoms with van der Waals surface area (Å²) in [4.78, 5) is 13.6. The zero-order chi connectivity index (χ0) is 33.2. The van der Waals surface area contributed by atoms with E-state index >= 15 is 4.39 Å². The highest BCUT2D eigenvalue weighted by Crippen LogP contribution is 2.41. The summed E-state index contributed by atoms with van der Waals surface area (Å²) in [6, 6.07) is 10.3. The number of carbonyl (C=O) groups is 1. The molecule has 45 heavy (non-hydrogen) atoms. The van der Waals surface area contributed by atoms with Gasteiger partial charge in [-0.1, -0.05) is 36.4 Å². The first kappa shape index (κ1) is 33.8. The van der Waals surface area contributed by atoms with Crippen LogP contribution in [0.3, 0.4) is 0 Å². The lowest BCUT2D eigenvalue weighted by Crippen LogP contribution is -2.50. The molecule has 0 spiro atoms. The Balaban J connectivity index is 1.90. The molecule has 2 aliphatic rings. The summed E-state index contributed by atoms with van der Waals surface area (Å²) >= 11 is 0. The van der Waals surface area contributed by atoms with Crippen LogP contribution in [0.5, 0.6) is 5.75 Å². The Morgan fingerprint density at radius 2 is 1.62 bits per heavy atom. The number of allylic oxidation sites excluding steroid dienone is 2. The van der Waals surface area contributed by atoms with Crippen molar-refractivity contribution >= 4 is 5.91 Å². The average Bonchev–Trinajstić information content (AvgIpc) is 2.96. The number of hydrogen-bond donors (Lipinski definition) is 1. The van der Waals surface area contributed by atoms with E-state index in [1.807, 2.05) is 0 Å². The third-order valence-electron chi connectivity index (χ3n) is 7.22. The minimum Gasteiger partial charge on any atom is -0.497 e. The fraction of sp³-hybridized carbons (Fsp3) is 0.323. The highest BCUT2D eigenvalue weighted by Gasteiger charge is 2.47. The molecule has 3 unspecified atom stereocenters. The summed E-state index contributed by atoms with van der Waals surface area (Å²) in [7, 11) is 1.38. The molecule has 0 fully saturated rings. The van der Waals surface area contributed by atoms with Gasteiger partial charge in [0.15, 0.2) is 0 Å². The number of methoxy groups -OCH3 is 1. The Morgan fingerprint density at radius 3 is 2.20 bits per heavy atom. The van der Waals surface area contributed by atoms with Crippen LogP contribution in [0.15, 0.2) is 95.9 Å². The van der Waals surface area contributed by atoms with E-state index in [2.05, 4.69) is 10.1 Å². The molecule has 2 aliphatic carbocycles. The Hall–Kier alpha value is -4.07. The van der Waals surface area contributed by atoms with Gasteiger partial charge in [0.05, 0.1) is 18.8 Å². The van der Waals surface area contributed by atoms with Crippen molar-refractivity contribution in [3.8, 4) is 5.75 Å². The minimum atomic E-state index is -5.06. The quantitative estimate of drug-likeness (QED) is 0.267. The number of benzene rings is 2. The predicted molar refractivity (Wildman–Crippen MR) is 142 cm³/mol. The molecule has 14 heteroatoms. The van der Waals surface area contributed by atoms with Gasteiger partial charge in [-0.3, -0.25) is 4.79 Å². The van der Waals surface area contributed by atoms with Crippen LogP contribution < -0.4 is 10.1 Å². The minimum absolute atomic E-state index is 0.000710. The van der Waals surface area contributed by atoms with Gasteiger partial charge in [0.2, 0.25) is 0 Å². The fourth-order valence-corrected chi connectivity index (χ4v) is 5.01. The summed E-state index contributed by atoms with van der Waals surface area (Å²) < 4.78 is 147. The Labute approximate surface area is 250 Å². The van der Waals surface area contributed by atoms with E-state index in [9.17, 15) is 44.3 Å². The number of halogens is 10. The van der Waals surface area contributed by atoms with Crippen molar-refractivity contribution in [1.82, 2.24) is 5.32 Å². The first-order valence-corrected chi connectivity index (χ1v) is 13.3.